The molecule has 0 saturated carbocycles. The largest absolute Gasteiger partial charge is 0.457 e. The molecule has 3 nitrogen and oxygen atoms in total. The molecule has 0 radical (unpaired) electrons. The number of hydrogen-bond donors (Lipinski definition) is 0. The molecule has 4 rings (SSSR count). The van der Waals surface area contributed by atoms with Gasteiger partial charge in [0.1, 0.15) is 11.5 Å². The van der Waals surface area contributed by atoms with Gasteiger partial charge < -0.3 is 4.74 Å². The van der Waals surface area contributed by atoms with Gasteiger partial charge in [0.05, 0.1) is 5.57 Å². The number of ketones is 2. The minimum Gasteiger partial charge on any atom is -0.457 e. The Bertz CT molecular complexity index is 946. The number of hydrogen-bond acceptors (Lipinski definition) is 3. The fourth-order valence-corrected chi connectivity index (χ4v) is 2.83. The zero-order valence-electron chi connectivity index (χ0n) is 13.3. The molecule has 0 spiro atoms. The molecule has 3 aromatic carbocycles. The smallest absolute Gasteiger partial charge is 0.197 e. The van der Waals surface area contributed by atoms with Crippen molar-refractivity contribution in [2.24, 2.45) is 0 Å². The standard InChI is InChI=1S/C22H14O3/c23-21-18-8-4-5-9-19(18)22(24)20(21)14-15-10-12-17(13-11-15)25-16-6-2-1-3-7-16/h1-14H. The molecule has 3 heteroatoms. The third-order valence-corrected chi connectivity index (χ3v) is 4.08. The Morgan fingerprint density at radius 3 is 1.72 bits per heavy atom. The summed E-state index contributed by atoms with van der Waals surface area (Å²) in [4.78, 5) is 24.8. The first-order chi connectivity index (χ1) is 12.2. The van der Waals surface area contributed by atoms with Crippen molar-refractivity contribution in [2.75, 3.05) is 0 Å². The van der Waals surface area contributed by atoms with Crippen molar-refractivity contribution in [1.82, 2.24) is 0 Å². The average Bonchev–Trinajstić information content (AvgIpc) is 2.89. The van der Waals surface area contributed by atoms with E-state index in [2.05, 4.69) is 0 Å². The van der Waals surface area contributed by atoms with Gasteiger partial charge in [-0.1, -0.05) is 54.6 Å². The van der Waals surface area contributed by atoms with Crippen LogP contribution < -0.4 is 4.74 Å². The maximum atomic E-state index is 12.4. The van der Waals surface area contributed by atoms with E-state index in [1.54, 1.807) is 30.3 Å². The number of para-hydroxylation sites is 1. The molecule has 0 saturated heterocycles. The lowest BCUT2D eigenvalue weighted by Gasteiger charge is -2.05. The number of Topliss-reactive ketones (excluding diaryl/α,β-unsaturated/α-hetero) is 2. The fraction of sp³-hybridized carbons (Fsp3) is 0. The monoisotopic (exact) mass is 326 g/mol. The van der Waals surface area contributed by atoms with Crippen molar-refractivity contribution in [3.63, 3.8) is 0 Å². The number of benzene rings is 3. The van der Waals surface area contributed by atoms with E-state index in [4.69, 9.17) is 4.74 Å². The number of carbonyl (C=O) groups is 2. The van der Waals surface area contributed by atoms with Gasteiger partial charge in [-0.05, 0) is 35.9 Å². The predicted octanol–water partition coefficient (Wildman–Crippen LogP) is 4.94. The Balaban J connectivity index is 1.58. The zero-order chi connectivity index (χ0) is 17.2. The van der Waals surface area contributed by atoms with Crippen molar-refractivity contribution in [3.8, 4) is 11.5 Å². The van der Waals surface area contributed by atoms with Crippen molar-refractivity contribution in [2.45, 2.75) is 0 Å². The highest BCUT2D eigenvalue weighted by molar-refractivity contribution is 6.41. The third kappa shape index (κ3) is 2.88. The summed E-state index contributed by atoms with van der Waals surface area (Å²) in [6.45, 7) is 0. The molecule has 0 bridgehead atoms. The second-order valence-corrected chi connectivity index (χ2v) is 5.75. The highest BCUT2D eigenvalue weighted by Crippen LogP contribution is 2.28. The molecule has 0 atom stereocenters. The van der Waals surface area contributed by atoms with Crippen molar-refractivity contribution >= 4 is 17.6 Å². The molecule has 0 N–H and O–H groups in total. The number of allylic oxidation sites excluding steroid dienone is 1. The van der Waals surface area contributed by atoms with Crippen LogP contribution in [0.2, 0.25) is 0 Å². The van der Waals surface area contributed by atoms with Crippen LogP contribution in [0.3, 0.4) is 0 Å². The van der Waals surface area contributed by atoms with Gasteiger partial charge in [-0.15, -0.1) is 0 Å². The van der Waals surface area contributed by atoms with Gasteiger partial charge in [0.2, 0.25) is 0 Å². The Morgan fingerprint density at radius 2 is 1.12 bits per heavy atom. The summed E-state index contributed by atoms with van der Waals surface area (Å²) in [5, 5.41) is 0. The number of ether oxygens (including phenoxy) is 1. The Labute approximate surface area is 145 Å². The van der Waals surface area contributed by atoms with E-state index >= 15 is 0 Å². The van der Waals surface area contributed by atoms with E-state index in [9.17, 15) is 9.59 Å². The van der Waals surface area contributed by atoms with Gasteiger partial charge in [-0.2, -0.15) is 0 Å². The first-order valence-electron chi connectivity index (χ1n) is 7.95. The van der Waals surface area contributed by atoms with Crippen LogP contribution in [0.5, 0.6) is 11.5 Å². The van der Waals surface area contributed by atoms with E-state index in [0.29, 0.717) is 16.9 Å². The van der Waals surface area contributed by atoms with E-state index in [-0.39, 0.29) is 17.1 Å². The molecular weight excluding hydrogens is 312 g/mol. The zero-order valence-corrected chi connectivity index (χ0v) is 13.3. The molecule has 25 heavy (non-hydrogen) atoms. The predicted molar refractivity (Wildman–Crippen MR) is 96.0 cm³/mol. The summed E-state index contributed by atoms with van der Waals surface area (Å²) in [5.74, 6) is 1.02. The van der Waals surface area contributed by atoms with E-state index < -0.39 is 0 Å². The van der Waals surface area contributed by atoms with E-state index in [1.165, 1.54) is 0 Å². The number of rotatable bonds is 3. The molecule has 1 aliphatic carbocycles. The van der Waals surface area contributed by atoms with Gasteiger partial charge in [-0.25, -0.2) is 0 Å². The summed E-state index contributed by atoms with van der Waals surface area (Å²) in [5.41, 5.74) is 1.94. The molecule has 0 amide bonds. The topological polar surface area (TPSA) is 43.4 Å². The SMILES string of the molecule is O=C1C(=Cc2ccc(Oc3ccccc3)cc2)C(=O)c2ccccc21. The lowest BCUT2D eigenvalue weighted by molar-refractivity contribution is 0.0990. The molecule has 0 heterocycles. The molecule has 120 valence electrons. The molecule has 0 unspecified atom stereocenters. The summed E-state index contributed by atoms with van der Waals surface area (Å²) < 4.78 is 5.74. The van der Waals surface area contributed by atoms with Crippen LogP contribution in [0.15, 0.2) is 84.4 Å². The van der Waals surface area contributed by atoms with Crippen LogP contribution >= 0.6 is 0 Å². The minimum atomic E-state index is -0.217. The first kappa shape index (κ1) is 15.1. The van der Waals surface area contributed by atoms with E-state index in [1.807, 2.05) is 54.6 Å². The molecular formula is C22H14O3. The highest BCUT2D eigenvalue weighted by Gasteiger charge is 2.32. The summed E-state index contributed by atoms with van der Waals surface area (Å²) in [7, 11) is 0. The quantitative estimate of drug-likeness (QED) is 0.506. The van der Waals surface area contributed by atoms with Crippen molar-refractivity contribution < 1.29 is 14.3 Å². The maximum Gasteiger partial charge on any atom is 0.197 e. The van der Waals surface area contributed by atoms with Crippen LogP contribution in [0.25, 0.3) is 6.08 Å². The van der Waals surface area contributed by atoms with E-state index in [0.717, 1.165) is 11.3 Å². The Kier molecular flexibility index (Phi) is 3.75. The average molecular weight is 326 g/mol. The lowest BCUT2D eigenvalue weighted by Crippen LogP contribution is -2.00. The summed E-state index contributed by atoms with van der Waals surface area (Å²) in [6.07, 6.45) is 1.64. The number of fused-ring (bicyclic) bond motifs is 1. The number of carbonyl (C=O) groups excluding carboxylic acids is 2. The molecule has 0 fully saturated rings. The van der Waals surface area contributed by atoms with Crippen molar-refractivity contribution in [1.29, 1.82) is 0 Å². The van der Waals surface area contributed by atoms with Crippen LogP contribution in [0.4, 0.5) is 0 Å². The van der Waals surface area contributed by atoms with Crippen molar-refractivity contribution in [3.05, 3.63) is 101 Å². The maximum absolute atomic E-state index is 12.4. The Hall–Kier alpha value is -3.46. The second-order valence-electron chi connectivity index (χ2n) is 5.75. The summed E-state index contributed by atoms with van der Waals surface area (Å²) >= 11 is 0. The fourth-order valence-electron chi connectivity index (χ4n) is 2.83. The molecule has 3 aromatic rings. The van der Waals surface area contributed by atoms with Crippen LogP contribution in [-0.2, 0) is 0 Å². The Morgan fingerprint density at radius 1 is 0.600 bits per heavy atom. The van der Waals surface area contributed by atoms with Gasteiger partial charge in [-0.3, -0.25) is 9.59 Å². The van der Waals surface area contributed by atoms with Gasteiger partial charge in [0, 0.05) is 11.1 Å². The highest BCUT2D eigenvalue weighted by atomic mass is 16.5. The molecule has 1 aliphatic rings. The van der Waals surface area contributed by atoms with Gasteiger partial charge in [0.25, 0.3) is 0 Å². The van der Waals surface area contributed by atoms with Gasteiger partial charge >= 0.3 is 0 Å². The first-order valence-corrected chi connectivity index (χ1v) is 7.95. The molecule has 0 aliphatic heterocycles. The van der Waals surface area contributed by atoms with Crippen LogP contribution in [0, 0.1) is 0 Å². The van der Waals surface area contributed by atoms with Gasteiger partial charge in [0.15, 0.2) is 11.6 Å². The normalized spacial score (nSPS) is 12.9. The molecule has 0 aromatic heterocycles. The second kappa shape index (κ2) is 6.21. The van der Waals surface area contributed by atoms with Crippen LogP contribution in [-0.4, -0.2) is 11.6 Å². The van der Waals surface area contributed by atoms with Crippen LogP contribution in [0.1, 0.15) is 26.3 Å². The lowest BCUT2D eigenvalue weighted by atomic mass is 10.1. The minimum absolute atomic E-state index is 0.206. The summed E-state index contributed by atoms with van der Waals surface area (Å²) in [6, 6.07) is 23.7. The third-order valence-electron chi connectivity index (χ3n) is 4.08.